The first kappa shape index (κ1) is 12.6. The van der Waals surface area contributed by atoms with Gasteiger partial charge in [0.1, 0.15) is 5.75 Å². The van der Waals surface area contributed by atoms with E-state index < -0.39 is 5.97 Å². The predicted octanol–water partition coefficient (Wildman–Crippen LogP) is 3.42. The van der Waals surface area contributed by atoms with E-state index in [1.807, 2.05) is 12.1 Å². The third-order valence-corrected chi connectivity index (χ3v) is 3.45. The number of Topliss-reactive ketones (excluding diaryl/α,β-unsaturated/α-hetero) is 1. The number of hydrogen-bond acceptors (Lipinski definition) is 3. The smallest absolute Gasteiger partial charge is 0.344 e. The molecular formula is C17H14O3. The van der Waals surface area contributed by atoms with Gasteiger partial charge in [0.2, 0.25) is 0 Å². The number of rotatable bonds is 2. The van der Waals surface area contributed by atoms with Crippen molar-refractivity contribution in [2.75, 3.05) is 0 Å². The Labute approximate surface area is 117 Å². The summed E-state index contributed by atoms with van der Waals surface area (Å²) in [5, 5.41) is 0. The Bertz CT molecular complexity index is 659. The van der Waals surface area contributed by atoms with Gasteiger partial charge >= 0.3 is 5.97 Å². The molecule has 0 radical (unpaired) electrons. The monoisotopic (exact) mass is 266 g/mol. The molecule has 2 aromatic rings. The Morgan fingerprint density at radius 1 is 0.950 bits per heavy atom. The number of para-hydroxylation sites is 1. The Morgan fingerprint density at radius 2 is 1.75 bits per heavy atom. The van der Waals surface area contributed by atoms with Crippen LogP contribution in [0.15, 0.2) is 48.5 Å². The van der Waals surface area contributed by atoms with Gasteiger partial charge in [-0.25, -0.2) is 4.79 Å². The molecule has 3 heteroatoms. The molecule has 0 fully saturated rings. The average molecular weight is 266 g/mol. The molecule has 0 N–H and O–H groups in total. The summed E-state index contributed by atoms with van der Waals surface area (Å²) in [4.78, 5) is 24.3. The first-order valence-electron chi connectivity index (χ1n) is 6.68. The van der Waals surface area contributed by atoms with Crippen molar-refractivity contribution in [3.63, 3.8) is 0 Å². The van der Waals surface area contributed by atoms with Crippen molar-refractivity contribution in [1.82, 2.24) is 0 Å². The summed E-state index contributed by atoms with van der Waals surface area (Å²) in [6.07, 6.45) is 2.19. The third kappa shape index (κ3) is 2.35. The molecule has 3 rings (SSSR count). The number of ether oxygens (including phenoxy) is 1. The first-order valence-corrected chi connectivity index (χ1v) is 6.68. The third-order valence-electron chi connectivity index (χ3n) is 3.45. The minimum atomic E-state index is -0.469. The number of aryl methyl sites for hydroxylation is 1. The predicted molar refractivity (Wildman–Crippen MR) is 75.1 cm³/mol. The van der Waals surface area contributed by atoms with Gasteiger partial charge in [0, 0.05) is 12.0 Å². The molecule has 3 nitrogen and oxygen atoms in total. The Balaban J connectivity index is 1.94. The summed E-state index contributed by atoms with van der Waals surface area (Å²) in [5.41, 5.74) is 1.86. The summed E-state index contributed by atoms with van der Waals surface area (Å²) in [6, 6.07) is 14.3. The molecule has 1 aliphatic carbocycles. The highest BCUT2D eigenvalue weighted by Gasteiger charge is 2.24. The van der Waals surface area contributed by atoms with Crippen LogP contribution < -0.4 is 4.74 Å². The van der Waals surface area contributed by atoms with Crippen LogP contribution in [0.5, 0.6) is 5.75 Å². The number of carbonyl (C=O) groups is 2. The molecule has 1 aliphatic rings. The van der Waals surface area contributed by atoms with Gasteiger partial charge in [0.05, 0.1) is 5.56 Å². The second kappa shape index (κ2) is 5.29. The Morgan fingerprint density at radius 3 is 2.55 bits per heavy atom. The van der Waals surface area contributed by atoms with Crippen LogP contribution in [0.3, 0.4) is 0 Å². The molecule has 0 bridgehead atoms. The van der Waals surface area contributed by atoms with Gasteiger partial charge in [-0.1, -0.05) is 30.3 Å². The van der Waals surface area contributed by atoms with E-state index in [9.17, 15) is 9.59 Å². The average Bonchev–Trinajstić information content (AvgIpc) is 2.48. The zero-order chi connectivity index (χ0) is 13.9. The molecule has 0 saturated heterocycles. The molecule has 20 heavy (non-hydrogen) atoms. The van der Waals surface area contributed by atoms with Crippen LogP contribution in [0.1, 0.15) is 39.1 Å². The molecule has 0 heterocycles. The van der Waals surface area contributed by atoms with Crippen molar-refractivity contribution in [3.05, 3.63) is 65.2 Å². The number of ketones is 1. The van der Waals surface area contributed by atoms with Gasteiger partial charge in [-0.05, 0) is 36.6 Å². The van der Waals surface area contributed by atoms with Crippen LogP contribution in [0, 0.1) is 0 Å². The molecule has 0 aromatic heterocycles. The fourth-order valence-corrected chi connectivity index (χ4v) is 2.52. The van der Waals surface area contributed by atoms with E-state index in [2.05, 4.69) is 0 Å². The van der Waals surface area contributed by atoms with Crippen molar-refractivity contribution >= 4 is 11.8 Å². The van der Waals surface area contributed by atoms with E-state index in [0.717, 1.165) is 18.4 Å². The van der Waals surface area contributed by atoms with Gasteiger partial charge in [-0.3, -0.25) is 4.79 Å². The number of esters is 1. The molecule has 0 atom stereocenters. The molecule has 0 amide bonds. The molecule has 0 saturated carbocycles. The molecule has 0 spiro atoms. The largest absolute Gasteiger partial charge is 0.423 e. The first-order chi connectivity index (χ1) is 9.75. The van der Waals surface area contributed by atoms with E-state index in [4.69, 9.17) is 4.74 Å². The van der Waals surface area contributed by atoms with Crippen molar-refractivity contribution < 1.29 is 14.3 Å². The minimum Gasteiger partial charge on any atom is -0.423 e. The second-order valence-corrected chi connectivity index (χ2v) is 4.82. The zero-order valence-electron chi connectivity index (χ0n) is 11.0. The highest BCUT2D eigenvalue weighted by atomic mass is 16.5. The maximum atomic E-state index is 12.3. The maximum Gasteiger partial charge on any atom is 0.344 e. The van der Waals surface area contributed by atoms with Gasteiger partial charge in [0.25, 0.3) is 0 Å². The highest BCUT2D eigenvalue weighted by molar-refractivity contribution is 6.08. The van der Waals surface area contributed by atoms with Crippen LogP contribution in [0.25, 0.3) is 0 Å². The van der Waals surface area contributed by atoms with Gasteiger partial charge in [0.15, 0.2) is 5.78 Å². The normalized spacial score (nSPS) is 13.7. The standard InChI is InChI=1S/C17H14O3/c18-15-11-5-7-12-6-4-10-14(16(12)15)17(19)20-13-8-2-1-3-9-13/h1-4,6,8-10H,5,7,11H2. The molecule has 0 aliphatic heterocycles. The fraction of sp³-hybridized carbons (Fsp3) is 0.176. The van der Waals surface area contributed by atoms with E-state index >= 15 is 0 Å². The molecular weight excluding hydrogens is 252 g/mol. The number of hydrogen-bond donors (Lipinski definition) is 0. The molecule has 100 valence electrons. The lowest BCUT2D eigenvalue weighted by molar-refractivity contribution is 0.0728. The number of fused-ring (bicyclic) bond motifs is 1. The summed E-state index contributed by atoms with van der Waals surface area (Å²) in [6.45, 7) is 0. The highest BCUT2D eigenvalue weighted by Crippen LogP contribution is 2.25. The van der Waals surface area contributed by atoms with Crippen LogP contribution in [-0.2, 0) is 6.42 Å². The number of carbonyl (C=O) groups excluding carboxylic acids is 2. The van der Waals surface area contributed by atoms with E-state index in [1.165, 1.54) is 0 Å². The summed E-state index contributed by atoms with van der Waals surface area (Å²) < 4.78 is 5.32. The van der Waals surface area contributed by atoms with E-state index in [1.54, 1.807) is 36.4 Å². The summed E-state index contributed by atoms with van der Waals surface area (Å²) in [7, 11) is 0. The van der Waals surface area contributed by atoms with E-state index in [-0.39, 0.29) is 5.78 Å². The second-order valence-electron chi connectivity index (χ2n) is 4.82. The summed E-state index contributed by atoms with van der Waals surface area (Å²) in [5.74, 6) is 0.0496. The van der Waals surface area contributed by atoms with Crippen molar-refractivity contribution in [1.29, 1.82) is 0 Å². The van der Waals surface area contributed by atoms with Crippen molar-refractivity contribution in [3.8, 4) is 5.75 Å². The van der Waals surface area contributed by atoms with Crippen LogP contribution in [0.4, 0.5) is 0 Å². The lowest BCUT2D eigenvalue weighted by atomic mass is 9.87. The van der Waals surface area contributed by atoms with Crippen LogP contribution >= 0.6 is 0 Å². The Kier molecular flexibility index (Phi) is 3.33. The van der Waals surface area contributed by atoms with Gasteiger partial charge in [-0.15, -0.1) is 0 Å². The lowest BCUT2D eigenvalue weighted by Gasteiger charge is -2.17. The van der Waals surface area contributed by atoms with Gasteiger partial charge < -0.3 is 4.74 Å². The minimum absolute atomic E-state index is 0.0341. The fourth-order valence-electron chi connectivity index (χ4n) is 2.52. The molecule has 2 aromatic carbocycles. The SMILES string of the molecule is O=C(Oc1ccccc1)c1cccc2c1C(=O)CCC2. The zero-order valence-corrected chi connectivity index (χ0v) is 11.0. The number of benzene rings is 2. The quantitative estimate of drug-likeness (QED) is 0.618. The van der Waals surface area contributed by atoms with Crippen LogP contribution in [-0.4, -0.2) is 11.8 Å². The lowest BCUT2D eigenvalue weighted by Crippen LogP contribution is -2.19. The van der Waals surface area contributed by atoms with Crippen molar-refractivity contribution in [2.24, 2.45) is 0 Å². The Hall–Kier alpha value is -2.42. The maximum absolute atomic E-state index is 12.3. The molecule has 0 unspecified atom stereocenters. The topological polar surface area (TPSA) is 43.4 Å². The van der Waals surface area contributed by atoms with Crippen LogP contribution in [0.2, 0.25) is 0 Å². The van der Waals surface area contributed by atoms with Crippen molar-refractivity contribution in [2.45, 2.75) is 19.3 Å². The summed E-state index contributed by atoms with van der Waals surface area (Å²) >= 11 is 0. The van der Waals surface area contributed by atoms with E-state index in [0.29, 0.717) is 23.3 Å². The van der Waals surface area contributed by atoms with Gasteiger partial charge in [-0.2, -0.15) is 0 Å².